The number of aliphatic carboxylic acids is 1. The molecule has 0 aliphatic carbocycles. The van der Waals surface area contributed by atoms with Gasteiger partial charge in [0.2, 0.25) is 0 Å². The number of halogens is 3. The number of benzene rings is 2. The summed E-state index contributed by atoms with van der Waals surface area (Å²) in [6.45, 7) is 3.03. The van der Waals surface area contributed by atoms with Crippen LogP contribution in [-0.2, 0) is 4.79 Å². The molecule has 0 saturated carbocycles. The topological polar surface area (TPSA) is 49.8 Å². The van der Waals surface area contributed by atoms with Crippen molar-refractivity contribution in [1.82, 2.24) is 4.90 Å². The summed E-state index contributed by atoms with van der Waals surface area (Å²) >= 11 is 19.0. The molecule has 0 radical (unpaired) electrons. The average molecular weight is 443 g/mol. The second-order valence-electron chi connectivity index (χ2n) is 6.77. The van der Waals surface area contributed by atoms with Crippen LogP contribution >= 0.6 is 34.8 Å². The summed E-state index contributed by atoms with van der Waals surface area (Å²) in [6, 6.07) is 9.68. The minimum atomic E-state index is -0.838. The third kappa shape index (κ3) is 4.57. The molecule has 2 aromatic rings. The molecule has 2 unspecified atom stereocenters. The van der Waals surface area contributed by atoms with Crippen LogP contribution < -0.4 is 4.74 Å². The fourth-order valence-corrected chi connectivity index (χ4v) is 4.49. The molecule has 7 heteroatoms. The molecule has 1 heterocycles. The molecule has 3 rings (SSSR count). The maximum Gasteiger partial charge on any atom is 0.320 e. The van der Waals surface area contributed by atoms with E-state index in [4.69, 9.17) is 39.5 Å². The summed E-state index contributed by atoms with van der Waals surface area (Å²) in [6.07, 6.45) is 2.37. The Balaban J connectivity index is 2.20. The molecule has 0 bridgehead atoms. The Morgan fingerprint density at radius 1 is 1.14 bits per heavy atom. The fourth-order valence-electron chi connectivity index (χ4n) is 3.80. The summed E-state index contributed by atoms with van der Waals surface area (Å²) < 4.78 is 5.84. The van der Waals surface area contributed by atoms with Crippen LogP contribution in [0.4, 0.5) is 0 Å². The lowest BCUT2D eigenvalue weighted by molar-refractivity contribution is -0.145. The standard InChI is InChI=1S/C21H22Cl3NO3/c1-2-28-19-9-7-13(22)11-16(19)20(15-8-6-14(23)12-17(15)24)25-10-4-3-5-18(25)21(26)27/h6-9,11-12,18,20H,2-5,10H2,1H3,(H,26,27). The highest BCUT2D eigenvalue weighted by atomic mass is 35.5. The van der Waals surface area contributed by atoms with Crippen LogP contribution in [0.25, 0.3) is 0 Å². The molecule has 1 saturated heterocycles. The summed E-state index contributed by atoms with van der Waals surface area (Å²) in [5.41, 5.74) is 1.58. The first-order valence-corrected chi connectivity index (χ1v) is 10.4. The summed E-state index contributed by atoms with van der Waals surface area (Å²) in [5, 5.41) is 11.4. The second kappa shape index (κ2) is 9.36. The summed E-state index contributed by atoms with van der Waals surface area (Å²) in [4.78, 5) is 14.0. The molecule has 1 fully saturated rings. The lowest BCUT2D eigenvalue weighted by Gasteiger charge is -2.40. The number of carboxylic acid groups (broad SMARTS) is 1. The highest BCUT2D eigenvalue weighted by Gasteiger charge is 2.37. The van der Waals surface area contributed by atoms with Crippen molar-refractivity contribution in [2.45, 2.75) is 38.3 Å². The Hall–Kier alpha value is -1.46. The van der Waals surface area contributed by atoms with E-state index in [9.17, 15) is 9.90 Å². The minimum absolute atomic E-state index is 0.411. The van der Waals surface area contributed by atoms with Gasteiger partial charge in [-0.05, 0) is 62.2 Å². The molecule has 1 aliphatic rings. The van der Waals surface area contributed by atoms with Crippen LogP contribution in [0, 0.1) is 0 Å². The first kappa shape index (κ1) is 21.3. The van der Waals surface area contributed by atoms with E-state index in [1.54, 1.807) is 18.2 Å². The molecular formula is C21H22Cl3NO3. The van der Waals surface area contributed by atoms with Gasteiger partial charge in [0, 0.05) is 20.6 Å². The van der Waals surface area contributed by atoms with Crippen molar-refractivity contribution >= 4 is 40.8 Å². The zero-order valence-corrected chi connectivity index (χ0v) is 17.8. The van der Waals surface area contributed by atoms with Crippen LogP contribution in [0.5, 0.6) is 5.75 Å². The van der Waals surface area contributed by atoms with Crippen LogP contribution in [0.3, 0.4) is 0 Å². The monoisotopic (exact) mass is 441 g/mol. The molecule has 2 aromatic carbocycles. The number of hydrogen-bond donors (Lipinski definition) is 1. The summed E-state index contributed by atoms with van der Waals surface area (Å²) in [5.74, 6) is -0.174. The lowest BCUT2D eigenvalue weighted by atomic mass is 9.91. The van der Waals surface area contributed by atoms with E-state index < -0.39 is 18.1 Å². The van der Waals surface area contributed by atoms with Crippen LogP contribution in [0.2, 0.25) is 15.1 Å². The van der Waals surface area contributed by atoms with Gasteiger partial charge in [-0.15, -0.1) is 0 Å². The second-order valence-corrected chi connectivity index (χ2v) is 8.05. The first-order chi connectivity index (χ1) is 13.4. The smallest absolute Gasteiger partial charge is 0.320 e. The van der Waals surface area contributed by atoms with Gasteiger partial charge < -0.3 is 9.84 Å². The normalized spacial score (nSPS) is 18.6. The van der Waals surface area contributed by atoms with E-state index in [0.717, 1.165) is 24.0 Å². The number of carbonyl (C=O) groups is 1. The third-order valence-corrected chi connectivity index (χ3v) is 5.78. The number of nitrogens with zero attached hydrogens (tertiary/aromatic N) is 1. The molecule has 0 spiro atoms. The SMILES string of the molecule is CCOc1ccc(Cl)cc1C(c1ccc(Cl)cc1Cl)N1CCCCC1C(=O)O. The number of ether oxygens (including phenoxy) is 1. The van der Waals surface area contributed by atoms with E-state index in [0.29, 0.717) is 40.4 Å². The number of carboxylic acids is 1. The molecule has 2 atom stereocenters. The molecule has 150 valence electrons. The van der Waals surface area contributed by atoms with Gasteiger partial charge in [-0.25, -0.2) is 0 Å². The van der Waals surface area contributed by atoms with Crippen molar-refractivity contribution in [1.29, 1.82) is 0 Å². The average Bonchev–Trinajstić information content (AvgIpc) is 2.66. The van der Waals surface area contributed by atoms with Gasteiger partial charge in [-0.2, -0.15) is 0 Å². The number of hydrogen-bond acceptors (Lipinski definition) is 3. The molecule has 1 aliphatic heterocycles. The molecule has 0 amide bonds. The Labute approximate surface area is 180 Å². The van der Waals surface area contributed by atoms with Gasteiger partial charge in [0.05, 0.1) is 12.6 Å². The van der Waals surface area contributed by atoms with Gasteiger partial charge in [0.1, 0.15) is 11.8 Å². The van der Waals surface area contributed by atoms with Crippen LogP contribution in [0.1, 0.15) is 43.4 Å². The quantitative estimate of drug-likeness (QED) is 0.589. The molecule has 28 heavy (non-hydrogen) atoms. The van der Waals surface area contributed by atoms with Crippen molar-refractivity contribution in [2.75, 3.05) is 13.2 Å². The molecule has 1 N–H and O–H groups in total. The maximum absolute atomic E-state index is 12.0. The Morgan fingerprint density at radius 3 is 2.54 bits per heavy atom. The number of piperidine rings is 1. The minimum Gasteiger partial charge on any atom is -0.494 e. The van der Waals surface area contributed by atoms with E-state index in [2.05, 4.69) is 0 Å². The highest BCUT2D eigenvalue weighted by molar-refractivity contribution is 6.35. The fraction of sp³-hybridized carbons (Fsp3) is 0.381. The zero-order chi connectivity index (χ0) is 20.3. The van der Waals surface area contributed by atoms with Gasteiger partial charge in [-0.3, -0.25) is 9.69 Å². The van der Waals surface area contributed by atoms with Crippen molar-refractivity contribution in [3.8, 4) is 5.75 Å². The van der Waals surface area contributed by atoms with Crippen molar-refractivity contribution in [2.24, 2.45) is 0 Å². The van der Waals surface area contributed by atoms with E-state index in [1.165, 1.54) is 0 Å². The summed E-state index contributed by atoms with van der Waals surface area (Å²) in [7, 11) is 0. The van der Waals surface area contributed by atoms with E-state index in [1.807, 2.05) is 30.0 Å². The molecule has 0 aromatic heterocycles. The molecule has 4 nitrogen and oxygen atoms in total. The Bertz CT molecular complexity index is 859. The largest absolute Gasteiger partial charge is 0.494 e. The van der Waals surface area contributed by atoms with Crippen LogP contribution in [0.15, 0.2) is 36.4 Å². The van der Waals surface area contributed by atoms with E-state index >= 15 is 0 Å². The van der Waals surface area contributed by atoms with Gasteiger partial charge in [0.15, 0.2) is 0 Å². The van der Waals surface area contributed by atoms with E-state index in [-0.39, 0.29) is 0 Å². The van der Waals surface area contributed by atoms with Crippen molar-refractivity contribution < 1.29 is 14.6 Å². The third-order valence-electron chi connectivity index (χ3n) is 4.98. The van der Waals surface area contributed by atoms with Gasteiger partial charge >= 0.3 is 5.97 Å². The van der Waals surface area contributed by atoms with Crippen molar-refractivity contribution in [3.05, 3.63) is 62.6 Å². The van der Waals surface area contributed by atoms with Gasteiger partial charge in [0.25, 0.3) is 0 Å². The molecular weight excluding hydrogens is 421 g/mol. The predicted octanol–water partition coefficient (Wildman–Crippen LogP) is 6.07. The first-order valence-electron chi connectivity index (χ1n) is 9.28. The maximum atomic E-state index is 12.0. The zero-order valence-electron chi connectivity index (χ0n) is 15.5. The lowest BCUT2D eigenvalue weighted by Crippen LogP contribution is -2.47. The van der Waals surface area contributed by atoms with Crippen molar-refractivity contribution in [3.63, 3.8) is 0 Å². The predicted molar refractivity (Wildman–Crippen MR) is 113 cm³/mol. The number of likely N-dealkylation sites (tertiary alicyclic amines) is 1. The Morgan fingerprint density at radius 2 is 1.86 bits per heavy atom. The number of rotatable bonds is 6. The highest BCUT2D eigenvalue weighted by Crippen LogP contribution is 2.42. The van der Waals surface area contributed by atoms with Crippen LogP contribution in [-0.4, -0.2) is 35.2 Å². The van der Waals surface area contributed by atoms with Gasteiger partial charge in [-0.1, -0.05) is 47.3 Å². The Kier molecular flexibility index (Phi) is 7.10.